The minimum atomic E-state index is -0.173. The fourth-order valence-electron chi connectivity index (χ4n) is 3.83. The molecule has 0 heterocycles. The van der Waals surface area contributed by atoms with Gasteiger partial charge in [-0.05, 0) is 44.4 Å². The summed E-state index contributed by atoms with van der Waals surface area (Å²) in [7, 11) is 0. The van der Waals surface area contributed by atoms with Gasteiger partial charge >= 0.3 is 5.97 Å². The van der Waals surface area contributed by atoms with Gasteiger partial charge in [0.15, 0.2) is 0 Å². The highest BCUT2D eigenvalue weighted by molar-refractivity contribution is 5.66. The van der Waals surface area contributed by atoms with E-state index < -0.39 is 0 Å². The molecule has 0 amide bonds. The molecule has 0 N–H and O–H groups in total. The zero-order valence-electron chi connectivity index (χ0n) is 12.1. The Labute approximate surface area is 115 Å². The maximum atomic E-state index is 11.2. The third-order valence-electron chi connectivity index (χ3n) is 4.87. The van der Waals surface area contributed by atoms with Crippen molar-refractivity contribution in [2.75, 3.05) is 0 Å². The van der Waals surface area contributed by atoms with Gasteiger partial charge in [-0.2, -0.15) is 5.26 Å². The number of nitriles is 1. The van der Waals surface area contributed by atoms with Crippen LogP contribution in [0.5, 0.6) is 0 Å². The Balaban J connectivity index is 2.13. The van der Waals surface area contributed by atoms with Gasteiger partial charge in [-0.25, -0.2) is 0 Å². The van der Waals surface area contributed by atoms with Crippen molar-refractivity contribution in [2.45, 2.75) is 59.0 Å². The molecule has 0 bridgehead atoms. The van der Waals surface area contributed by atoms with E-state index in [0.29, 0.717) is 5.92 Å². The molecule has 0 aromatic rings. The highest BCUT2D eigenvalue weighted by Crippen LogP contribution is 2.54. The summed E-state index contributed by atoms with van der Waals surface area (Å²) < 4.78 is 5.51. The van der Waals surface area contributed by atoms with Crippen LogP contribution in [0.1, 0.15) is 52.9 Å². The topological polar surface area (TPSA) is 50.1 Å². The van der Waals surface area contributed by atoms with E-state index in [4.69, 9.17) is 10.00 Å². The van der Waals surface area contributed by atoms with E-state index >= 15 is 0 Å². The number of allylic oxidation sites excluding steroid dienone is 2. The molecule has 4 atom stereocenters. The molecule has 2 aliphatic rings. The smallest absolute Gasteiger partial charge is 0.302 e. The van der Waals surface area contributed by atoms with Crippen LogP contribution in [-0.4, -0.2) is 12.1 Å². The minimum Gasteiger partial charge on any atom is -0.462 e. The van der Waals surface area contributed by atoms with Gasteiger partial charge in [0.25, 0.3) is 0 Å². The summed E-state index contributed by atoms with van der Waals surface area (Å²) in [5.74, 6) is 0.301. The number of nitrogens with zero attached hydrogens (tertiary/aromatic N) is 1. The Morgan fingerprint density at radius 3 is 3.05 bits per heavy atom. The Morgan fingerprint density at radius 2 is 2.42 bits per heavy atom. The normalized spacial score (nSPS) is 34.9. The molecular weight excluding hydrogens is 238 g/mol. The molecule has 4 unspecified atom stereocenters. The fourth-order valence-corrected chi connectivity index (χ4v) is 3.83. The number of carbonyl (C=O) groups is 1. The first-order valence-corrected chi connectivity index (χ1v) is 7.23. The maximum Gasteiger partial charge on any atom is 0.302 e. The third kappa shape index (κ3) is 2.68. The van der Waals surface area contributed by atoms with Crippen molar-refractivity contribution in [1.29, 1.82) is 5.26 Å². The molecule has 0 aromatic carbocycles. The van der Waals surface area contributed by atoms with Crippen molar-refractivity contribution >= 4 is 5.97 Å². The van der Waals surface area contributed by atoms with Crippen LogP contribution in [0.15, 0.2) is 11.6 Å². The van der Waals surface area contributed by atoms with E-state index in [2.05, 4.69) is 19.1 Å². The summed E-state index contributed by atoms with van der Waals surface area (Å²) in [4.78, 5) is 11.2. The lowest BCUT2D eigenvalue weighted by Gasteiger charge is -2.43. The van der Waals surface area contributed by atoms with Crippen LogP contribution < -0.4 is 0 Å². The molecule has 1 saturated carbocycles. The predicted octanol–water partition coefficient (Wildman–Crippen LogP) is 3.60. The van der Waals surface area contributed by atoms with Crippen LogP contribution in [0.25, 0.3) is 0 Å². The van der Waals surface area contributed by atoms with Crippen molar-refractivity contribution in [3.63, 3.8) is 0 Å². The first kappa shape index (κ1) is 14.1. The molecule has 0 aromatic heterocycles. The highest BCUT2D eigenvalue weighted by atomic mass is 16.5. The largest absolute Gasteiger partial charge is 0.462 e. The molecule has 3 heteroatoms. The molecular formula is C16H23NO2. The van der Waals surface area contributed by atoms with E-state index in [1.807, 2.05) is 6.92 Å². The quantitative estimate of drug-likeness (QED) is 0.576. The number of hydrogen-bond acceptors (Lipinski definition) is 3. The number of esters is 1. The summed E-state index contributed by atoms with van der Waals surface area (Å²) in [5.41, 5.74) is 1.53. The molecule has 3 nitrogen and oxygen atoms in total. The standard InChI is InChI=1S/C16H23NO2/c1-11(10-17)9-13-6-7-14-15(19-12(2)18)5-4-8-16(13,14)3/h6,11,14-15H,4-5,7-9H2,1-3H3. The first-order chi connectivity index (χ1) is 8.97. The van der Waals surface area contributed by atoms with Crippen LogP contribution in [0.4, 0.5) is 0 Å². The monoisotopic (exact) mass is 261 g/mol. The van der Waals surface area contributed by atoms with Gasteiger partial charge in [0.1, 0.15) is 6.10 Å². The molecule has 2 aliphatic carbocycles. The lowest BCUT2D eigenvalue weighted by atomic mass is 9.64. The number of hydrogen-bond donors (Lipinski definition) is 0. The zero-order valence-corrected chi connectivity index (χ0v) is 12.1. The van der Waals surface area contributed by atoms with Crippen molar-refractivity contribution in [3.8, 4) is 6.07 Å². The van der Waals surface area contributed by atoms with E-state index in [1.165, 1.54) is 12.5 Å². The minimum absolute atomic E-state index is 0.0578. The fraction of sp³-hybridized carbons (Fsp3) is 0.750. The van der Waals surface area contributed by atoms with Crippen molar-refractivity contribution < 1.29 is 9.53 Å². The molecule has 0 spiro atoms. The number of rotatable bonds is 3. The lowest BCUT2D eigenvalue weighted by Crippen LogP contribution is -2.40. The first-order valence-electron chi connectivity index (χ1n) is 7.23. The van der Waals surface area contributed by atoms with Crippen molar-refractivity contribution in [1.82, 2.24) is 0 Å². The Morgan fingerprint density at radius 1 is 1.68 bits per heavy atom. The summed E-state index contributed by atoms with van der Waals surface area (Å²) >= 11 is 0. The molecule has 0 aliphatic heterocycles. The van der Waals surface area contributed by atoms with Gasteiger partial charge in [-0.15, -0.1) is 0 Å². The summed E-state index contributed by atoms with van der Waals surface area (Å²) in [6.07, 6.45) is 7.43. The second-order valence-electron chi connectivity index (χ2n) is 6.26. The summed E-state index contributed by atoms with van der Waals surface area (Å²) in [5, 5.41) is 9.00. The van der Waals surface area contributed by atoms with Gasteiger partial charge in [-0.3, -0.25) is 4.79 Å². The van der Waals surface area contributed by atoms with Gasteiger partial charge in [0.05, 0.1) is 6.07 Å². The third-order valence-corrected chi connectivity index (χ3v) is 4.87. The van der Waals surface area contributed by atoms with Crippen molar-refractivity contribution in [2.24, 2.45) is 17.3 Å². The Hall–Kier alpha value is -1.30. The molecule has 0 radical (unpaired) electrons. The summed E-state index contributed by atoms with van der Waals surface area (Å²) in [6.45, 7) is 5.76. The Bertz CT molecular complexity index is 435. The number of ether oxygens (including phenoxy) is 1. The average molecular weight is 261 g/mol. The van der Waals surface area contributed by atoms with Gasteiger partial charge in [0, 0.05) is 18.8 Å². The molecule has 104 valence electrons. The maximum absolute atomic E-state index is 11.2. The van der Waals surface area contributed by atoms with E-state index in [0.717, 1.165) is 32.1 Å². The van der Waals surface area contributed by atoms with E-state index in [-0.39, 0.29) is 23.4 Å². The lowest BCUT2D eigenvalue weighted by molar-refractivity contribution is -0.153. The van der Waals surface area contributed by atoms with Crippen LogP contribution >= 0.6 is 0 Å². The highest BCUT2D eigenvalue weighted by Gasteiger charge is 2.48. The zero-order chi connectivity index (χ0) is 14.0. The molecule has 1 fully saturated rings. The van der Waals surface area contributed by atoms with E-state index in [1.54, 1.807) is 0 Å². The van der Waals surface area contributed by atoms with Gasteiger partial charge in [0.2, 0.25) is 0 Å². The van der Waals surface area contributed by atoms with Crippen LogP contribution in [0.3, 0.4) is 0 Å². The molecule has 0 saturated heterocycles. The second-order valence-corrected chi connectivity index (χ2v) is 6.26. The number of carbonyl (C=O) groups excluding carboxylic acids is 1. The van der Waals surface area contributed by atoms with Crippen molar-refractivity contribution in [3.05, 3.63) is 11.6 Å². The van der Waals surface area contributed by atoms with Gasteiger partial charge < -0.3 is 4.74 Å². The van der Waals surface area contributed by atoms with Crippen LogP contribution in [0.2, 0.25) is 0 Å². The van der Waals surface area contributed by atoms with Gasteiger partial charge in [-0.1, -0.05) is 18.6 Å². The van der Waals surface area contributed by atoms with Crippen LogP contribution in [0, 0.1) is 28.6 Å². The Kier molecular flexibility index (Phi) is 3.99. The SMILES string of the molecule is CC(=O)OC1CCCC2(C)C(CC(C)C#N)=CCC12. The second kappa shape index (κ2) is 5.36. The number of fused-ring (bicyclic) bond motifs is 1. The molecule has 19 heavy (non-hydrogen) atoms. The average Bonchev–Trinajstić information content (AvgIpc) is 2.67. The van der Waals surface area contributed by atoms with Crippen LogP contribution in [-0.2, 0) is 9.53 Å². The molecule has 2 rings (SSSR count). The summed E-state index contributed by atoms with van der Waals surface area (Å²) in [6, 6.07) is 2.32. The van der Waals surface area contributed by atoms with E-state index in [9.17, 15) is 4.79 Å². The predicted molar refractivity (Wildman–Crippen MR) is 73.1 cm³/mol.